The lowest BCUT2D eigenvalue weighted by Crippen LogP contribution is -2.46. The number of benzene rings is 1. The normalized spacial score (nSPS) is 11.4. The summed E-state index contributed by atoms with van der Waals surface area (Å²) in [6.45, 7) is 1.75. The minimum absolute atomic E-state index is 0.194. The SMILES string of the molecule is Cc1ccc(S(=O)(=O)NC(C(=O)O)C(=O)O)cc1. The molecule has 0 radical (unpaired) electrons. The van der Waals surface area contributed by atoms with Crippen LogP contribution in [-0.4, -0.2) is 36.6 Å². The van der Waals surface area contributed by atoms with Crippen LogP contribution in [0.2, 0.25) is 0 Å². The first-order valence-electron chi connectivity index (χ1n) is 4.78. The number of carbonyl (C=O) groups is 2. The number of rotatable bonds is 5. The predicted octanol–water partition coefficient (Wildman–Crippen LogP) is -0.189. The molecule has 0 heterocycles. The van der Waals surface area contributed by atoms with Crippen molar-refractivity contribution in [1.29, 1.82) is 0 Å². The number of hydrogen-bond donors (Lipinski definition) is 3. The molecular weight excluding hydrogens is 262 g/mol. The van der Waals surface area contributed by atoms with Gasteiger partial charge in [-0.15, -0.1) is 0 Å². The highest BCUT2D eigenvalue weighted by Gasteiger charge is 2.31. The Bertz CT molecular complexity index is 549. The fourth-order valence-electron chi connectivity index (χ4n) is 1.15. The number of sulfonamides is 1. The molecule has 0 aliphatic carbocycles. The second-order valence-electron chi connectivity index (χ2n) is 3.54. The highest BCUT2D eigenvalue weighted by molar-refractivity contribution is 7.89. The maximum Gasteiger partial charge on any atom is 0.333 e. The molecule has 0 aliphatic rings. The molecule has 1 aromatic rings. The number of hydrogen-bond acceptors (Lipinski definition) is 4. The van der Waals surface area contributed by atoms with E-state index in [2.05, 4.69) is 0 Å². The van der Waals surface area contributed by atoms with E-state index >= 15 is 0 Å². The highest BCUT2D eigenvalue weighted by atomic mass is 32.2. The van der Waals surface area contributed by atoms with E-state index in [4.69, 9.17) is 10.2 Å². The minimum Gasteiger partial charge on any atom is -0.480 e. The molecule has 0 amide bonds. The number of aryl methyl sites for hydroxylation is 1. The van der Waals surface area contributed by atoms with Gasteiger partial charge in [-0.3, -0.25) is 0 Å². The molecular formula is C10H11NO6S. The van der Waals surface area contributed by atoms with Crippen LogP contribution in [0, 0.1) is 6.92 Å². The fourth-order valence-corrected chi connectivity index (χ4v) is 2.29. The highest BCUT2D eigenvalue weighted by Crippen LogP contribution is 2.10. The number of carboxylic acids is 2. The molecule has 0 saturated carbocycles. The Balaban J connectivity index is 3.04. The van der Waals surface area contributed by atoms with Crippen molar-refractivity contribution in [1.82, 2.24) is 4.72 Å². The van der Waals surface area contributed by atoms with Gasteiger partial charge < -0.3 is 10.2 Å². The number of aliphatic carboxylic acids is 2. The Morgan fingerprint density at radius 2 is 1.56 bits per heavy atom. The maximum atomic E-state index is 11.7. The van der Waals surface area contributed by atoms with Crippen LogP contribution in [0.15, 0.2) is 29.2 Å². The first-order chi connectivity index (χ1) is 8.24. The van der Waals surface area contributed by atoms with E-state index in [-0.39, 0.29) is 4.90 Å². The average molecular weight is 273 g/mol. The summed E-state index contributed by atoms with van der Waals surface area (Å²) in [5.41, 5.74) is 0.821. The van der Waals surface area contributed by atoms with Gasteiger partial charge in [0.25, 0.3) is 0 Å². The molecule has 0 bridgehead atoms. The molecule has 0 spiro atoms. The van der Waals surface area contributed by atoms with Crippen LogP contribution < -0.4 is 4.72 Å². The van der Waals surface area contributed by atoms with Gasteiger partial charge in [0.1, 0.15) is 0 Å². The van der Waals surface area contributed by atoms with Crippen molar-refractivity contribution < 1.29 is 28.2 Å². The quantitative estimate of drug-likeness (QED) is 0.639. The Morgan fingerprint density at radius 1 is 1.11 bits per heavy atom. The summed E-state index contributed by atoms with van der Waals surface area (Å²) < 4.78 is 25.1. The third kappa shape index (κ3) is 3.28. The van der Waals surface area contributed by atoms with E-state index in [9.17, 15) is 18.0 Å². The van der Waals surface area contributed by atoms with Gasteiger partial charge in [-0.1, -0.05) is 17.7 Å². The molecule has 1 aromatic carbocycles. The zero-order valence-electron chi connectivity index (χ0n) is 9.32. The van der Waals surface area contributed by atoms with Crippen molar-refractivity contribution in [3.8, 4) is 0 Å². The van der Waals surface area contributed by atoms with Crippen LogP contribution in [0.1, 0.15) is 5.56 Å². The molecule has 1 rings (SSSR count). The second-order valence-corrected chi connectivity index (χ2v) is 5.26. The van der Waals surface area contributed by atoms with E-state index in [0.717, 1.165) is 5.56 Å². The van der Waals surface area contributed by atoms with Gasteiger partial charge in [0.15, 0.2) is 0 Å². The van der Waals surface area contributed by atoms with Crippen LogP contribution in [0.4, 0.5) is 0 Å². The van der Waals surface area contributed by atoms with Crippen molar-refractivity contribution >= 4 is 22.0 Å². The monoisotopic (exact) mass is 273 g/mol. The molecule has 0 aliphatic heterocycles. The molecule has 7 nitrogen and oxygen atoms in total. The van der Waals surface area contributed by atoms with Crippen LogP contribution in [-0.2, 0) is 19.6 Å². The predicted molar refractivity (Wildman–Crippen MR) is 60.6 cm³/mol. The van der Waals surface area contributed by atoms with Crippen molar-refractivity contribution in [3.63, 3.8) is 0 Å². The van der Waals surface area contributed by atoms with Gasteiger partial charge >= 0.3 is 11.9 Å². The van der Waals surface area contributed by atoms with Crippen LogP contribution >= 0.6 is 0 Å². The number of nitrogens with one attached hydrogen (secondary N) is 1. The van der Waals surface area contributed by atoms with E-state index in [1.165, 1.54) is 24.3 Å². The second kappa shape index (κ2) is 5.15. The summed E-state index contributed by atoms with van der Waals surface area (Å²) in [6, 6.07) is 3.35. The largest absolute Gasteiger partial charge is 0.480 e. The summed E-state index contributed by atoms with van der Waals surface area (Å²) in [6.07, 6.45) is 0. The van der Waals surface area contributed by atoms with Gasteiger partial charge in [0, 0.05) is 0 Å². The lowest BCUT2D eigenvalue weighted by molar-refractivity contribution is -0.150. The molecule has 98 valence electrons. The molecule has 0 atom stereocenters. The third-order valence-corrected chi connectivity index (χ3v) is 3.54. The van der Waals surface area contributed by atoms with E-state index < -0.39 is 28.0 Å². The minimum atomic E-state index is -4.18. The standard InChI is InChI=1S/C10H11NO6S/c1-6-2-4-7(5-3-6)18(16,17)11-8(9(12)13)10(14)15/h2-5,8,11H,1H3,(H,12,13)(H,14,15). The first kappa shape index (κ1) is 14.1. The summed E-state index contributed by atoms with van der Waals surface area (Å²) in [7, 11) is -4.18. The Labute approximate surface area is 103 Å². The lowest BCUT2D eigenvalue weighted by Gasteiger charge is -2.10. The Morgan fingerprint density at radius 3 is 1.94 bits per heavy atom. The van der Waals surface area contributed by atoms with Gasteiger partial charge in [-0.2, -0.15) is 4.72 Å². The van der Waals surface area contributed by atoms with Crippen LogP contribution in [0.3, 0.4) is 0 Å². The lowest BCUT2D eigenvalue weighted by atomic mass is 10.2. The van der Waals surface area contributed by atoms with Crippen molar-refractivity contribution in [2.45, 2.75) is 17.9 Å². The first-order valence-corrected chi connectivity index (χ1v) is 6.27. The summed E-state index contributed by atoms with van der Waals surface area (Å²) in [5.74, 6) is -3.56. The molecule has 0 aromatic heterocycles. The Hall–Kier alpha value is -1.93. The fraction of sp³-hybridized carbons (Fsp3) is 0.200. The van der Waals surface area contributed by atoms with Gasteiger partial charge in [0.2, 0.25) is 16.1 Å². The van der Waals surface area contributed by atoms with Crippen LogP contribution in [0.25, 0.3) is 0 Å². The van der Waals surface area contributed by atoms with Gasteiger partial charge in [0.05, 0.1) is 4.90 Å². The smallest absolute Gasteiger partial charge is 0.333 e. The van der Waals surface area contributed by atoms with Crippen molar-refractivity contribution in [3.05, 3.63) is 29.8 Å². The third-order valence-electron chi connectivity index (χ3n) is 2.10. The maximum absolute atomic E-state index is 11.7. The molecule has 8 heteroatoms. The van der Waals surface area contributed by atoms with E-state index in [1.54, 1.807) is 11.6 Å². The Kier molecular flexibility index (Phi) is 4.04. The van der Waals surface area contributed by atoms with E-state index in [0.29, 0.717) is 0 Å². The van der Waals surface area contributed by atoms with Crippen LogP contribution in [0.5, 0.6) is 0 Å². The molecule has 0 fully saturated rings. The van der Waals surface area contributed by atoms with Crippen molar-refractivity contribution in [2.75, 3.05) is 0 Å². The zero-order chi connectivity index (χ0) is 13.9. The molecule has 0 saturated heterocycles. The van der Waals surface area contributed by atoms with E-state index in [1.807, 2.05) is 0 Å². The summed E-state index contributed by atoms with van der Waals surface area (Å²) in [5, 5.41) is 17.2. The summed E-state index contributed by atoms with van der Waals surface area (Å²) in [4.78, 5) is 21.0. The van der Waals surface area contributed by atoms with Gasteiger partial charge in [-0.25, -0.2) is 18.0 Å². The molecule has 0 unspecified atom stereocenters. The molecule has 18 heavy (non-hydrogen) atoms. The zero-order valence-corrected chi connectivity index (χ0v) is 10.1. The van der Waals surface area contributed by atoms with Crippen molar-refractivity contribution in [2.24, 2.45) is 0 Å². The summed E-state index contributed by atoms with van der Waals surface area (Å²) >= 11 is 0. The van der Waals surface area contributed by atoms with Gasteiger partial charge in [-0.05, 0) is 19.1 Å². The topological polar surface area (TPSA) is 121 Å². The molecule has 3 N–H and O–H groups in total. The number of carboxylic acid groups (broad SMARTS) is 2. The average Bonchev–Trinajstić information content (AvgIpc) is 2.26.